The molecule has 16 heavy (non-hydrogen) atoms. The van der Waals surface area contributed by atoms with E-state index in [1.54, 1.807) is 25.3 Å². The Morgan fingerprint density at radius 2 is 2.25 bits per heavy atom. The Kier molecular flexibility index (Phi) is 6.61. The molecule has 0 aliphatic rings. The van der Waals surface area contributed by atoms with Crippen molar-refractivity contribution in [3.05, 3.63) is 36.4 Å². The normalized spacial score (nSPS) is 11.4. The summed E-state index contributed by atoms with van der Waals surface area (Å²) in [5.41, 5.74) is 6.67. The number of benzene rings is 1. The lowest BCUT2D eigenvalue weighted by atomic mass is 10.0. The number of halogens is 1. The average Bonchev–Trinajstić information content (AvgIpc) is 2.25. The fourth-order valence-corrected chi connectivity index (χ4v) is 1.42. The Balaban J connectivity index is 0.00000225. The number of nitrogens with two attached hydrogens (primary N) is 1. The highest BCUT2D eigenvalue weighted by Gasteiger charge is 2.10. The monoisotopic (exact) mass is 243 g/mol. The molecule has 0 aromatic heterocycles. The van der Waals surface area contributed by atoms with Gasteiger partial charge in [-0.2, -0.15) is 0 Å². The van der Waals surface area contributed by atoms with E-state index in [-0.39, 0.29) is 24.2 Å². The van der Waals surface area contributed by atoms with Crippen LogP contribution in [0.2, 0.25) is 0 Å². The maximum Gasteiger partial charge on any atom is 0.124 e. The Bertz CT molecular complexity index is 342. The minimum absolute atomic E-state index is 0. The number of ether oxygens (including phenoxy) is 1. The minimum atomic E-state index is -0.158. The molecule has 90 valence electrons. The van der Waals surface area contributed by atoms with Crippen LogP contribution in [0.25, 0.3) is 0 Å². The molecule has 0 aliphatic carbocycles. The van der Waals surface area contributed by atoms with E-state index in [2.05, 4.69) is 6.58 Å². The number of aromatic hydroxyl groups is 1. The number of allylic oxidation sites excluding steroid dienone is 1. The highest BCUT2D eigenvalue weighted by molar-refractivity contribution is 5.85. The summed E-state index contributed by atoms with van der Waals surface area (Å²) in [5, 5.41) is 9.71. The zero-order valence-electron chi connectivity index (χ0n) is 9.35. The van der Waals surface area contributed by atoms with Crippen LogP contribution in [0.3, 0.4) is 0 Å². The maximum absolute atomic E-state index is 9.71. The molecule has 4 heteroatoms. The molecule has 3 nitrogen and oxygen atoms in total. The Labute approximate surface area is 102 Å². The zero-order chi connectivity index (χ0) is 11.3. The van der Waals surface area contributed by atoms with Gasteiger partial charge in [0.25, 0.3) is 0 Å². The first-order valence-corrected chi connectivity index (χ1v) is 4.92. The van der Waals surface area contributed by atoms with Crippen molar-refractivity contribution in [1.29, 1.82) is 0 Å². The van der Waals surface area contributed by atoms with E-state index in [9.17, 15) is 5.11 Å². The summed E-state index contributed by atoms with van der Waals surface area (Å²) in [7, 11) is 1.56. The van der Waals surface area contributed by atoms with Crippen LogP contribution in [0.5, 0.6) is 11.5 Å². The van der Waals surface area contributed by atoms with E-state index in [1.807, 2.05) is 6.08 Å². The second-order valence-corrected chi connectivity index (χ2v) is 3.40. The zero-order valence-corrected chi connectivity index (χ0v) is 10.2. The van der Waals surface area contributed by atoms with Crippen LogP contribution in [0.1, 0.15) is 24.4 Å². The highest BCUT2D eigenvalue weighted by atomic mass is 35.5. The van der Waals surface area contributed by atoms with E-state index in [0.717, 1.165) is 18.4 Å². The van der Waals surface area contributed by atoms with Gasteiger partial charge in [0.2, 0.25) is 0 Å². The molecule has 0 aliphatic heterocycles. The van der Waals surface area contributed by atoms with Crippen molar-refractivity contribution in [2.24, 2.45) is 5.73 Å². The van der Waals surface area contributed by atoms with E-state index in [1.165, 1.54) is 0 Å². The fraction of sp³-hybridized carbons (Fsp3) is 0.333. The van der Waals surface area contributed by atoms with E-state index >= 15 is 0 Å². The SMILES string of the molecule is C=CCC[C@@H](N)c1ccc(OC)cc1O.Cl. The van der Waals surface area contributed by atoms with Gasteiger partial charge in [0.05, 0.1) is 7.11 Å². The molecule has 1 aromatic carbocycles. The van der Waals surface area contributed by atoms with Gasteiger partial charge in [0.15, 0.2) is 0 Å². The summed E-state index contributed by atoms with van der Waals surface area (Å²) in [6, 6.07) is 5.00. The molecular weight excluding hydrogens is 226 g/mol. The third-order valence-electron chi connectivity index (χ3n) is 2.32. The molecule has 0 saturated heterocycles. The van der Waals surface area contributed by atoms with Crippen molar-refractivity contribution in [2.75, 3.05) is 7.11 Å². The predicted octanol–water partition coefficient (Wildman–Crippen LogP) is 2.79. The molecule has 0 heterocycles. The standard InChI is InChI=1S/C12H17NO2.ClH/c1-3-4-5-11(13)10-7-6-9(15-2)8-12(10)14;/h3,6-8,11,14H,1,4-5,13H2,2H3;1H/t11-;/m1./s1. The predicted molar refractivity (Wildman–Crippen MR) is 68.3 cm³/mol. The largest absolute Gasteiger partial charge is 0.507 e. The van der Waals surface area contributed by atoms with Crippen LogP contribution in [0, 0.1) is 0 Å². The quantitative estimate of drug-likeness (QED) is 0.782. The molecule has 0 radical (unpaired) electrons. The van der Waals surface area contributed by atoms with Gasteiger partial charge in [0, 0.05) is 17.7 Å². The molecule has 0 amide bonds. The summed E-state index contributed by atoms with van der Waals surface area (Å²) >= 11 is 0. The van der Waals surface area contributed by atoms with Crippen LogP contribution < -0.4 is 10.5 Å². The number of hydrogen-bond donors (Lipinski definition) is 2. The average molecular weight is 244 g/mol. The maximum atomic E-state index is 9.71. The van der Waals surface area contributed by atoms with E-state index < -0.39 is 0 Å². The fourth-order valence-electron chi connectivity index (χ4n) is 1.42. The van der Waals surface area contributed by atoms with Crippen LogP contribution >= 0.6 is 12.4 Å². The van der Waals surface area contributed by atoms with Crippen molar-refractivity contribution in [1.82, 2.24) is 0 Å². The van der Waals surface area contributed by atoms with Gasteiger partial charge in [-0.25, -0.2) is 0 Å². The van der Waals surface area contributed by atoms with Crippen LogP contribution in [-0.4, -0.2) is 12.2 Å². The molecule has 0 saturated carbocycles. The van der Waals surface area contributed by atoms with Gasteiger partial charge in [0.1, 0.15) is 11.5 Å². The number of phenolic OH excluding ortho intramolecular Hbond substituents is 1. The van der Waals surface area contributed by atoms with Gasteiger partial charge < -0.3 is 15.6 Å². The summed E-state index contributed by atoms with van der Waals surface area (Å²) in [6.07, 6.45) is 3.44. The van der Waals surface area contributed by atoms with Crippen LogP contribution in [0.15, 0.2) is 30.9 Å². The van der Waals surface area contributed by atoms with E-state index in [4.69, 9.17) is 10.5 Å². The first kappa shape index (κ1) is 14.8. The van der Waals surface area contributed by atoms with Crippen molar-refractivity contribution in [2.45, 2.75) is 18.9 Å². The molecule has 0 spiro atoms. The lowest BCUT2D eigenvalue weighted by Crippen LogP contribution is -2.09. The number of phenols is 1. The van der Waals surface area contributed by atoms with Crippen molar-refractivity contribution in [3.63, 3.8) is 0 Å². The van der Waals surface area contributed by atoms with Crippen LogP contribution in [0.4, 0.5) is 0 Å². The van der Waals surface area contributed by atoms with Crippen molar-refractivity contribution in [3.8, 4) is 11.5 Å². The Morgan fingerprint density at radius 1 is 1.56 bits per heavy atom. The molecule has 0 bridgehead atoms. The van der Waals surface area contributed by atoms with Crippen LogP contribution in [-0.2, 0) is 0 Å². The second-order valence-electron chi connectivity index (χ2n) is 3.40. The molecule has 1 aromatic rings. The summed E-state index contributed by atoms with van der Waals surface area (Å²) < 4.78 is 4.99. The second kappa shape index (κ2) is 7.14. The van der Waals surface area contributed by atoms with Gasteiger partial charge in [-0.15, -0.1) is 19.0 Å². The topological polar surface area (TPSA) is 55.5 Å². The Hall–Kier alpha value is -1.19. The van der Waals surface area contributed by atoms with E-state index in [0.29, 0.717) is 5.75 Å². The third-order valence-corrected chi connectivity index (χ3v) is 2.32. The number of methoxy groups -OCH3 is 1. The summed E-state index contributed by atoms with van der Waals surface area (Å²) in [4.78, 5) is 0. The van der Waals surface area contributed by atoms with Gasteiger partial charge in [-0.05, 0) is 18.9 Å². The van der Waals surface area contributed by atoms with Gasteiger partial charge >= 0.3 is 0 Å². The molecule has 0 unspecified atom stereocenters. The molecule has 0 fully saturated rings. The third kappa shape index (κ3) is 3.76. The van der Waals surface area contributed by atoms with Gasteiger partial charge in [-0.1, -0.05) is 12.1 Å². The molecular formula is C12H18ClNO2. The lowest BCUT2D eigenvalue weighted by Gasteiger charge is -2.13. The van der Waals surface area contributed by atoms with Gasteiger partial charge in [-0.3, -0.25) is 0 Å². The molecule has 3 N–H and O–H groups in total. The number of rotatable bonds is 5. The Morgan fingerprint density at radius 3 is 2.75 bits per heavy atom. The molecule has 1 rings (SSSR count). The summed E-state index contributed by atoms with van der Waals surface area (Å²) in [5.74, 6) is 0.818. The smallest absolute Gasteiger partial charge is 0.124 e. The first-order valence-electron chi connectivity index (χ1n) is 4.92. The first-order chi connectivity index (χ1) is 7.19. The lowest BCUT2D eigenvalue weighted by molar-refractivity contribution is 0.405. The van der Waals surface area contributed by atoms with Crippen molar-refractivity contribution >= 4 is 12.4 Å². The van der Waals surface area contributed by atoms with Crippen molar-refractivity contribution < 1.29 is 9.84 Å². The molecule has 1 atom stereocenters. The minimum Gasteiger partial charge on any atom is -0.507 e. The number of hydrogen-bond acceptors (Lipinski definition) is 3. The highest BCUT2D eigenvalue weighted by Crippen LogP contribution is 2.29. The summed E-state index contributed by atoms with van der Waals surface area (Å²) in [6.45, 7) is 3.64.